The Morgan fingerprint density at radius 3 is 2.57 bits per heavy atom. The van der Waals surface area contributed by atoms with Gasteiger partial charge in [-0.25, -0.2) is 0 Å². The summed E-state index contributed by atoms with van der Waals surface area (Å²) in [6.07, 6.45) is 2.98. The van der Waals surface area contributed by atoms with Crippen LogP contribution in [0.5, 0.6) is 0 Å². The minimum absolute atomic E-state index is 0.0715. The lowest BCUT2D eigenvalue weighted by atomic mass is 9.77. The molecule has 4 rings (SSSR count). The maximum atomic E-state index is 12.0. The molecule has 3 heterocycles. The van der Waals surface area contributed by atoms with Crippen LogP contribution < -0.4 is 5.32 Å². The highest BCUT2D eigenvalue weighted by Gasteiger charge is 2.44. The van der Waals surface area contributed by atoms with Crippen LogP contribution in [0.2, 0.25) is 0 Å². The molecule has 0 aliphatic carbocycles. The molecule has 1 N–H and O–H groups in total. The minimum Gasteiger partial charge on any atom is -0.356 e. The fraction of sp³-hybridized carbons (Fsp3) is 0.471. The van der Waals surface area contributed by atoms with Crippen molar-refractivity contribution in [2.24, 2.45) is 5.41 Å². The van der Waals surface area contributed by atoms with E-state index >= 15 is 0 Å². The number of nitrogens with one attached hydrogen (secondary N) is 1. The molecule has 1 aromatic carbocycles. The van der Waals surface area contributed by atoms with Crippen molar-refractivity contribution in [2.45, 2.75) is 25.8 Å². The van der Waals surface area contributed by atoms with E-state index in [1.54, 1.807) is 0 Å². The Morgan fingerprint density at radius 1 is 1.17 bits per heavy atom. The molecule has 23 heavy (non-hydrogen) atoms. The van der Waals surface area contributed by atoms with E-state index in [2.05, 4.69) is 44.1 Å². The van der Waals surface area contributed by atoms with Gasteiger partial charge < -0.3 is 5.32 Å². The number of benzene rings is 1. The van der Waals surface area contributed by atoms with Gasteiger partial charge in [0.25, 0.3) is 0 Å². The Balaban J connectivity index is 1.37. The second-order valence-corrected chi connectivity index (χ2v) is 7.16. The molecule has 120 valence electrons. The highest BCUT2D eigenvalue weighted by molar-refractivity contribution is 7.03. The van der Waals surface area contributed by atoms with Crippen LogP contribution in [0.1, 0.15) is 24.8 Å². The minimum atomic E-state index is -0.0715. The van der Waals surface area contributed by atoms with Crippen molar-refractivity contribution in [3.8, 4) is 11.3 Å². The molecule has 0 atom stereocenters. The van der Waals surface area contributed by atoms with Gasteiger partial charge in [0, 0.05) is 24.0 Å². The summed E-state index contributed by atoms with van der Waals surface area (Å²) in [5.41, 5.74) is 3.29. The predicted molar refractivity (Wildman–Crippen MR) is 89.9 cm³/mol. The number of hydrogen-bond acceptors (Lipinski definition) is 5. The number of carbonyl (C=O) groups excluding carboxylic acids is 1. The SMILES string of the molecule is O=C1NCCC12CCN(Cc1ccc(-c3csnn3)cc1)CC2. The lowest BCUT2D eigenvalue weighted by Gasteiger charge is -2.37. The van der Waals surface area contributed by atoms with Gasteiger partial charge in [-0.15, -0.1) is 5.10 Å². The van der Waals surface area contributed by atoms with Crippen LogP contribution in [-0.4, -0.2) is 40.0 Å². The molecule has 5 nitrogen and oxygen atoms in total. The highest BCUT2D eigenvalue weighted by atomic mass is 32.1. The zero-order valence-corrected chi connectivity index (χ0v) is 13.8. The predicted octanol–water partition coefficient (Wildman–Crippen LogP) is 2.31. The number of hydrogen-bond donors (Lipinski definition) is 1. The van der Waals surface area contributed by atoms with Crippen LogP contribution in [0.4, 0.5) is 0 Å². The first-order valence-corrected chi connectivity index (χ1v) is 8.96. The summed E-state index contributed by atoms with van der Waals surface area (Å²) in [6.45, 7) is 3.81. The fourth-order valence-electron chi connectivity index (χ4n) is 3.66. The quantitative estimate of drug-likeness (QED) is 0.939. The number of amides is 1. The van der Waals surface area contributed by atoms with Crippen molar-refractivity contribution in [1.82, 2.24) is 19.8 Å². The summed E-state index contributed by atoms with van der Waals surface area (Å²) >= 11 is 1.37. The summed E-state index contributed by atoms with van der Waals surface area (Å²) in [6, 6.07) is 8.56. The summed E-state index contributed by atoms with van der Waals surface area (Å²) in [4.78, 5) is 14.5. The molecule has 1 aromatic heterocycles. The van der Waals surface area contributed by atoms with E-state index in [-0.39, 0.29) is 11.3 Å². The number of rotatable bonds is 3. The van der Waals surface area contributed by atoms with E-state index in [1.807, 2.05) is 5.38 Å². The van der Waals surface area contributed by atoms with Crippen LogP contribution in [-0.2, 0) is 11.3 Å². The number of piperidine rings is 1. The highest BCUT2D eigenvalue weighted by Crippen LogP contribution is 2.38. The third-order valence-electron chi connectivity index (χ3n) is 5.20. The summed E-state index contributed by atoms with van der Waals surface area (Å²) in [5.74, 6) is 0.276. The smallest absolute Gasteiger partial charge is 0.226 e. The molecule has 1 amide bonds. The van der Waals surface area contributed by atoms with Crippen molar-refractivity contribution in [3.05, 3.63) is 35.2 Å². The van der Waals surface area contributed by atoms with E-state index < -0.39 is 0 Å². The Bertz CT molecular complexity index is 675. The molecule has 0 radical (unpaired) electrons. The van der Waals surface area contributed by atoms with Crippen LogP contribution >= 0.6 is 11.5 Å². The van der Waals surface area contributed by atoms with Gasteiger partial charge in [-0.1, -0.05) is 28.8 Å². The van der Waals surface area contributed by atoms with E-state index in [4.69, 9.17) is 0 Å². The molecule has 1 spiro atoms. The summed E-state index contributed by atoms with van der Waals surface area (Å²) < 4.78 is 3.91. The van der Waals surface area contributed by atoms with Crippen molar-refractivity contribution in [3.63, 3.8) is 0 Å². The van der Waals surface area contributed by atoms with E-state index in [0.717, 1.165) is 56.7 Å². The van der Waals surface area contributed by atoms with E-state index in [1.165, 1.54) is 17.1 Å². The van der Waals surface area contributed by atoms with Crippen LogP contribution in [0.15, 0.2) is 29.6 Å². The van der Waals surface area contributed by atoms with Gasteiger partial charge in [-0.3, -0.25) is 9.69 Å². The summed E-state index contributed by atoms with van der Waals surface area (Å²) in [7, 11) is 0. The number of aromatic nitrogens is 2. The number of nitrogens with zero attached hydrogens (tertiary/aromatic N) is 3. The van der Waals surface area contributed by atoms with Crippen molar-refractivity contribution < 1.29 is 4.79 Å². The van der Waals surface area contributed by atoms with Gasteiger partial charge in [-0.2, -0.15) is 0 Å². The van der Waals surface area contributed by atoms with E-state index in [0.29, 0.717) is 0 Å². The molecular formula is C17H20N4OS. The standard InChI is InChI=1S/C17H20N4OS/c22-16-17(5-8-18-16)6-9-21(10-7-17)11-13-1-3-14(4-2-13)15-12-23-20-19-15/h1-4,12H,5-11H2,(H,18,22). The first kappa shape index (κ1) is 14.8. The maximum Gasteiger partial charge on any atom is 0.226 e. The normalized spacial score (nSPS) is 20.8. The summed E-state index contributed by atoms with van der Waals surface area (Å²) in [5, 5.41) is 9.06. The van der Waals surface area contributed by atoms with Gasteiger partial charge in [0.2, 0.25) is 5.91 Å². The molecule has 2 aliphatic heterocycles. The molecule has 2 aromatic rings. The average Bonchev–Trinajstić information content (AvgIpc) is 3.22. The molecule has 0 saturated carbocycles. The van der Waals surface area contributed by atoms with E-state index in [9.17, 15) is 4.79 Å². The lowest BCUT2D eigenvalue weighted by Crippen LogP contribution is -2.43. The maximum absolute atomic E-state index is 12.0. The Labute approximate surface area is 139 Å². The van der Waals surface area contributed by atoms with Gasteiger partial charge in [-0.05, 0) is 49.4 Å². The van der Waals surface area contributed by atoms with Crippen LogP contribution in [0.25, 0.3) is 11.3 Å². The van der Waals surface area contributed by atoms with Gasteiger partial charge in [0.05, 0.1) is 5.41 Å². The van der Waals surface area contributed by atoms with Crippen LogP contribution in [0.3, 0.4) is 0 Å². The van der Waals surface area contributed by atoms with Crippen molar-refractivity contribution >= 4 is 17.4 Å². The zero-order chi connectivity index (χ0) is 15.7. The van der Waals surface area contributed by atoms with Gasteiger partial charge >= 0.3 is 0 Å². The number of likely N-dealkylation sites (tertiary alicyclic amines) is 1. The number of carbonyl (C=O) groups is 1. The third-order valence-corrected chi connectivity index (χ3v) is 5.70. The molecule has 2 fully saturated rings. The molecule has 2 aliphatic rings. The Kier molecular flexibility index (Phi) is 3.87. The van der Waals surface area contributed by atoms with Crippen LogP contribution in [0, 0.1) is 5.41 Å². The topological polar surface area (TPSA) is 58.1 Å². The van der Waals surface area contributed by atoms with Crippen molar-refractivity contribution in [2.75, 3.05) is 19.6 Å². The first-order valence-electron chi connectivity index (χ1n) is 8.12. The molecule has 2 saturated heterocycles. The largest absolute Gasteiger partial charge is 0.356 e. The molecule has 0 unspecified atom stereocenters. The first-order chi connectivity index (χ1) is 11.3. The monoisotopic (exact) mass is 328 g/mol. The second-order valence-electron chi connectivity index (χ2n) is 6.55. The Hall–Kier alpha value is -1.79. The van der Waals surface area contributed by atoms with Crippen molar-refractivity contribution in [1.29, 1.82) is 0 Å². The lowest BCUT2D eigenvalue weighted by molar-refractivity contribution is -0.130. The molecule has 0 bridgehead atoms. The zero-order valence-electron chi connectivity index (χ0n) is 13.0. The molecule has 6 heteroatoms. The second kappa shape index (κ2) is 6.02. The Morgan fingerprint density at radius 2 is 1.96 bits per heavy atom. The average molecular weight is 328 g/mol. The van der Waals surface area contributed by atoms with Gasteiger partial charge in [0.1, 0.15) is 5.69 Å². The fourth-order valence-corrected chi connectivity index (χ4v) is 4.13. The molecular weight excluding hydrogens is 308 g/mol. The third kappa shape index (κ3) is 2.88. The van der Waals surface area contributed by atoms with Gasteiger partial charge in [0.15, 0.2) is 0 Å².